The van der Waals surface area contributed by atoms with Crippen LogP contribution in [0.15, 0.2) is 0 Å². The fourth-order valence-electron chi connectivity index (χ4n) is 1.78. The zero-order valence-corrected chi connectivity index (χ0v) is 6.71. The second-order valence-electron chi connectivity index (χ2n) is 3.27. The summed E-state index contributed by atoms with van der Waals surface area (Å²) in [6, 6.07) is 0. The van der Waals surface area contributed by atoms with Gasteiger partial charge < -0.3 is 9.47 Å². The Balaban J connectivity index is 1.82. The van der Waals surface area contributed by atoms with Crippen molar-refractivity contribution in [2.45, 2.75) is 31.8 Å². The quantitative estimate of drug-likeness (QED) is 0.571. The van der Waals surface area contributed by atoms with Crippen molar-refractivity contribution < 1.29 is 9.47 Å². The van der Waals surface area contributed by atoms with Gasteiger partial charge in [-0.1, -0.05) is 0 Å². The van der Waals surface area contributed by atoms with Gasteiger partial charge in [0, 0.05) is 19.1 Å². The van der Waals surface area contributed by atoms with Crippen LogP contribution in [0.3, 0.4) is 0 Å². The first-order valence-electron chi connectivity index (χ1n) is 4.46. The molecule has 2 nitrogen and oxygen atoms in total. The molecule has 2 heterocycles. The molecule has 0 amide bonds. The average Bonchev–Trinajstić information content (AvgIpc) is 2.58. The lowest BCUT2D eigenvalue weighted by atomic mass is 9.94. The largest absolute Gasteiger partial charge is 0.378 e. The summed E-state index contributed by atoms with van der Waals surface area (Å²) < 4.78 is 10.7. The highest BCUT2D eigenvalue weighted by Gasteiger charge is 2.28. The van der Waals surface area contributed by atoms with Crippen LogP contribution in [0.1, 0.15) is 25.7 Å². The third kappa shape index (κ3) is 1.74. The molecule has 2 unspecified atom stereocenters. The highest BCUT2D eigenvalue weighted by Crippen LogP contribution is 2.28. The fourth-order valence-corrected chi connectivity index (χ4v) is 1.78. The lowest BCUT2D eigenvalue weighted by Crippen LogP contribution is -2.24. The Morgan fingerprint density at radius 1 is 1.09 bits per heavy atom. The smallest absolute Gasteiger partial charge is 0.138 e. The molecule has 0 aromatic heterocycles. The molecule has 11 heavy (non-hydrogen) atoms. The molecule has 0 aliphatic carbocycles. The topological polar surface area (TPSA) is 18.5 Å². The van der Waals surface area contributed by atoms with E-state index in [2.05, 4.69) is 6.61 Å². The highest BCUT2D eigenvalue weighted by atomic mass is 16.5. The molecule has 0 aromatic rings. The van der Waals surface area contributed by atoms with E-state index in [9.17, 15) is 0 Å². The summed E-state index contributed by atoms with van der Waals surface area (Å²) in [5, 5.41) is 0. The predicted octanol–water partition coefficient (Wildman–Crippen LogP) is 1.63. The molecule has 62 valence electrons. The molecule has 2 radical (unpaired) electrons. The molecule has 0 aromatic carbocycles. The first-order valence-corrected chi connectivity index (χ1v) is 4.46. The highest BCUT2D eigenvalue weighted by molar-refractivity contribution is 4.82. The first-order chi connectivity index (χ1) is 5.47. The standard InChI is InChI=1S/C9H14O2/c1-3-8(7-10-5-1)9-4-2-6-11-9/h8-9H,1-6H2. The van der Waals surface area contributed by atoms with Gasteiger partial charge in [-0.3, -0.25) is 0 Å². The second-order valence-corrected chi connectivity index (χ2v) is 3.27. The van der Waals surface area contributed by atoms with Crippen LogP contribution in [-0.4, -0.2) is 19.3 Å². The van der Waals surface area contributed by atoms with Crippen LogP contribution in [0, 0.1) is 12.5 Å². The molecule has 0 N–H and O–H groups in total. The lowest BCUT2D eigenvalue weighted by molar-refractivity contribution is 0.0152. The predicted molar refractivity (Wildman–Crippen MR) is 40.9 cm³/mol. The van der Waals surface area contributed by atoms with E-state index in [1.54, 1.807) is 0 Å². The fraction of sp³-hybridized carbons (Fsp3) is 0.889. The molecule has 2 rings (SSSR count). The van der Waals surface area contributed by atoms with E-state index in [0.717, 1.165) is 19.6 Å². The van der Waals surface area contributed by atoms with E-state index in [1.165, 1.54) is 19.3 Å². The van der Waals surface area contributed by atoms with Crippen molar-refractivity contribution in [1.29, 1.82) is 0 Å². The van der Waals surface area contributed by atoms with Gasteiger partial charge in [0.25, 0.3) is 0 Å². The third-order valence-corrected chi connectivity index (χ3v) is 2.41. The van der Waals surface area contributed by atoms with Crippen molar-refractivity contribution in [1.82, 2.24) is 0 Å². The molecule has 0 saturated carbocycles. The molecule has 2 saturated heterocycles. The third-order valence-electron chi connectivity index (χ3n) is 2.41. The lowest BCUT2D eigenvalue weighted by Gasteiger charge is -2.25. The molecule has 0 spiro atoms. The molecule has 0 bridgehead atoms. The van der Waals surface area contributed by atoms with Gasteiger partial charge in [-0.2, -0.15) is 0 Å². The molecular weight excluding hydrogens is 140 g/mol. The van der Waals surface area contributed by atoms with Crippen LogP contribution in [0.4, 0.5) is 0 Å². The van der Waals surface area contributed by atoms with Gasteiger partial charge in [0.05, 0.1) is 6.10 Å². The van der Waals surface area contributed by atoms with Crippen molar-refractivity contribution in [3.8, 4) is 0 Å². The maximum atomic E-state index is 5.55. The molecule has 2 heteroatoms. The minimum absolute atomic E-state index is 0.412. The van der Waals surface area contributed by atoms with E-state index in [4.69, 9.17) is 9.47 Å². The molecule has 2 aliphatic rings. The van der Waals surface area contributed by atoms with Crippen molar-refractivity contribution in [3.63, 3.8) is 0 Å². The van der Waals surface area contributed by atoms with Crippen LogP contribution in [0.2, 0.25) is 0 Å². The SMILES string of the molecule is [C]1OCCCC1C1CCCO1. The van der Waals surface area contributed by atoms with Gasteiger partial charge in [-0.05, 0) is 25.7 Å². The Morgan fingerprint density at radius 2 is 2.00 bits per heavy atom. The Kier molecular flexibility index (Phi) is 2.44. The Morgan fingerprint density at radius 3 is 2.64 bits per heavy atom. The maximum absolute atomic E-state index is 5.55. The average molecular weight is 154 g/mol. The monoisotopic (exact) mass is 154 g/mol. The van der Waals surface area contributed by atoms with Gasteiger partial charge in [0.2, 0.25) is 0 Å². The number of hydrogen-bond acceptors (Lipinski definition) is 2. The van der Waals surface area contributed by atoms with Gasteiger partial charge in [-0.25, -0.2) is 0 Å². The summed E-state index contributed by atoms with van der Waals surface area (Å²) in [5.41, 5.74) is 0. The van der Waals surface area contributed by atoms with Crippen LogP contribution in [0.5, 0.6) is 0 Å². The van der Waals surface area contributed by atoms with E-state index in [-0.39, 0.29) is 0 Å². The van der Waals surface area contributed by atoms with Crippen LogP contribution < -0.4 is 0 Å². The summed E-state index contributed by atoms with van der Waals surface area (Å²) in [6.45, 7) is 4.82. The first kappa shape index (κ1) is 7.56. The van der Waals surface area contributed by atoms with Crippen molar-refractivity contribution in [3.05, 3.63) is 6.61 Å². The van der Waals surface area contributed by atoms with E-state index in [1.807, 2.05) is 0 Å². The van der Waals surface area contributed by atoms with Gasteiger partial charge >= 0.3 is 0 Å². The van der Waals surface area contributed by atoms with Crippen LogP contribution in [0.25, 0.3) is 0 Å². The Bertz CT molecular complexity index is 113. The molecule has 2 fully saturated rings. The minimum Gasteiger partial charge on any atom is -0.378 e. The van der Waals surface area contributed by atoms with Gasteiger partial charge in [0.1, 0.15) is 6.61 Å². The van der Waals surface area contributed by atoms with Gasteiger partial charge in [-0.15, -0.1) is 0 Å². The van der Waals surface area contributed by atoms with E-state index < -0.39 is 0 Å². The van der Waals surface area contributed by atoms with Crippen molar-refractivity contribution >= 4 is 0 Å². The summed E-state index contributed by atoms with van der Waals surface area (Å²) in [6.07, 6.45) is 5.18. The number of ether oxygens (including phenoxy) is 2. The molecule has 2 atom stereocenters. The Hall–Kier alpha value is -0.0800. The molecular formula is C9H14O2. The van der Waals surface area contributed by atoms with Gasteiger partial charge in [0.15, 0.2) is 0 Å². The number of hydrogen-bond donors (Lipinski definition) is 0. The van der Waals surface area contributed by atoms with Crippen LogP contribution >= 0.6 is 0 Å². The maximum Gasteiger partial charge on any atom is 0.138 e. The van der Waals surface area contributed by atoms with Crippen LogP contribution in [-0.2, 0) is 9.47 Å². The summed E-state index contributed by atoms with van der Waals surface area (Å²) in [7, 11) is 0. The summed E-state index contributed by atoms with van der Waals surface area (Å²) >= 11 is 0. The minimum atomic E-state index is 0.412. The van der Waals surface area contributed by atoms with Crippen molar-refractivity contribution in [2.24, 2.45) is 5.92 Å². The zero-order chi connectivity index (χ0) is 7.52. The van der Waals surface area contributed by atoms with Crippen molar-refractivity contribution in [2.75, 3.05) is 13.2 Å². The normalized spacial score (nSPS) is 39.3. The van der Waals surface area contributed by atoms with E-state index in [0.29, 0.717) is 12.0 Å². The Labute approximate surface area is 67.9 Å². The van der Waals surface area contributed by atoms with E-state index >= 15 is 0 Å². The molecule has 2 aliphatic heterocycles. The summed E-state index contributed by atoms with van der Waals surface area (Å²) in [5.74, 6) is 0.450. The number of rotatable bonds is 1. The summed E-state index contributed by atoms with van der Waals surface area (Å²) in [4.78, 5) is 0. The second kappa shape index (κ2) is 3.55. The zero-order valence-electron chi connectivity index (χ0n) is 6.71.